The Bertz CT molecular complexity index is 1000. The number of nitrogens with one attached hydrogen (secondary N) is 1. The van der Waals surface area contributed by atoms with E-state index in [2.05, 4.69) is 21.2 Å². The summed E-state index contributed by atoms with van der Waals surface area (Å²) in [5.41, 5.74) is 2.64. The predicted molar refractivity (Wildman–Crippen MR) is 116 cm³/mol. The van der Waals surface area contributed by atoms with Crippen LogP contribution in [0.15, 0.2) is 42.5 Å². The van der Waals surface area contributed by atoms with Crippen LogP contribution < -0.4 is 19.7 Å². The summed E-state index contributed by atoms with van der Waals surface area (Å²) in [6.07, 6.45) is 0. The van der Waals surface area contributed by atoms with Crippen molar-refractivity contribution in [3.63, 3.8) is 0 Å². The molecule has 0 spiro atoms. The highest BCUT2D eigenvalue weighted by atomic mass is 16.7. The van der Waals surface area contributed by atoms with E-state index in [1.807, 2.05) is 43.3 Å². The molecule has 0 bridgehead atoms. The van der Waals surface area contributed by atoms with Crippen LogP contribution in [0.25, 0.3) is 0 Å². The molecule has 8 nitrogen and oxygen atoms in total. The highest BCUT2D eigenvalue weighted by Crippen LogP contribution is 2.33. The highest BCUT2D eigenvalue weighted by molar-refractivity contribution is 6.11. The van der Waals surface area contributed by atoms with Crippen molar-refractivity contribution in [2.45, 2.75) is 19.5 Å². The predicted octanol–water partition coefficient (Wildman–Crippen LogP) is 1.91. The molecule has 1 N–H and O–H groups in total. The van der Waals surface area contributed by atoms with E-state index in [0.717, 1.165) is 49.9 Å². The molecule has 3 aliphatic heterocycles. The van der Waals surface area contributed by atoms with E-state index in [1.165, 1.54) is 5.56 Å². The van der Waals surface area contributed by atoms with Gasteiger partial charge in [0.2, 0.25) is 18.6 Å². The van der Waals surface area contributed by atoms with Crippen molar-refractivity contribution in [2.24, 2.45) is 0 Å². The van der Waals surface area contributed by atoms with Crippen LogP contribution in [0.1, 0.15) is 12.5 Å². The minimum Gasteiger partial charge on any atom is -0.454 e. The van der Waals surface area contributed by atoms with Crippen LogP contribution >= 0.6 is 0 Å². The van der Waals surface area contributed by atoms with Crippen molar-refractivity contribution in [3.8, 4) is 11.5 Å². The van der Waals surface area contributed by atoms with E-state index in [-0.39, 0.29) is 31.2 Å². The maximum atomic E-state index is 13.3. The van der Waals surface area contributed by atoms with E-state index in [1.54, 1.807) is 4.90 Å². The Balaban J connectivity index is 1.20. The zero-order valence-electron chi connectivity index (χ0n) is 17.5. The fourth-order valence-corrected chi connectivity index (χ4v) is 4.42. The Morgan fingerprint density at radius 1 is 1.06 bits per heavy atom. The first kappa shape index (κ1) is 19.8. The molecule has 2 amide bonds. The number of para-hydroxylation sites is 2. The lowest BCUT2D eigenvalue weighted by Gasteiger charge is -2.39. The second-order valence-corrected chi connectivity index (χ2v) is 8.17. The van der Waals surface area contributed by atoms with Gasteiger partial charge in [-0.1, -0.05) is 18.2 Å². The van der Waals surface area contributed by atoms with Crippen LogP contribution in [-0.2, 0) is 16.1 Å². The number of anilines is 2. The van der Waals surface area contributed by atoms with Gasteiger partial charge in [-0.3, -0.25) is 24.3 Å². The Morgan fingerprint density at radius 2 is 1.84 bits per heavy atom. The third-order valence-corrected chi connectivity index (χ3v) is 6.19. The summed E-state index contributed by atoms with van der Waals surface area (Å²) < 4.78 is 10.9. The van der Waals surface area contributed by atoms with Gasteiger partial charge in [0.25, 0.3) is 0 Å². The lowest BCUT2D eigenvalue weighted by molar-refractivity contribution is -0.126. The molecule has 3 heterocycles. The minimum atomic E-state index is -0.286. The average molecular weight is 422 g/mol. The van der Waals surface area contributed by atoms with Gasteiger partial charge in [-0.15, -0.1) is 0 Å². The van der Waals surface area contributed by atoms with Crippen molar-refractivity contribution < 1.29 is 19.1 Å². The topological polar surface area (TPSA) is 74.4 Å². The smallest absolute Gasteiger partial charge is 0.244 e. The van der Waals surface area contributed by atoms with Gasteiger partial charge in [0.05, 0.1) is 17.4 Å². The molecule has 0 aromatic heterocycles. The minimum absolute atomic E-state index is 0.0356. The average Bonchev–Trinajstić information content (AvgIpc) is 3.26. The van der Waals surface area contributed by atoms with E-state index in [0.29, 0.717) is 5.69 Å². The number of amides is 2. The third kappa shape index (κ3) is 3.96. The SMILES string of the molecule is C[C@@H](C(=O)N1CC(=O)Nc2ccccc21)N1CCN(Cc2ccc3c(c2)OCO3)CC1. The summed E-state index contributed by atoms with van der Waals surface area (Å²) in [4.78, 5) is 31.5. The maximum Gasteiger partial charge on any atom is 0.244 e. The Morgan fingerprint density at radius 3 is 2.68 bits per heavy atom. The number of benzene rings is 2. The zero-order chi connectivity index (χ0) is 21.4. The van der Waals surface area contributed by atoms with Crippen LogP contribution in [0.4, 0.5) is 11.4 Å². The second-order valence-electron chi connectivity index (χ2n) is 8.17. The molecule has 3 aliphatic rings. The third-order valence-electron chi connectivity index (χ3n) is 6.19. The lowest BCUT2D eigenvalue weighted by Crippen LogP contribution is -2.56. The molecule has 162 valence electrons. The van der Waals surface area contributed by atoms with E-state index in [4.69, 9.17) is 9.47 Å². The van der Waals surface area contributed by atoms with Crippen LogP contribution in [0, 0.1) is 0 Å². The Labute approximate surface area is 181 Å². The summed E-state index contributed by atoms with van der Waals surface area (Å²) in [5, 5.41) is 2.84. The van der Waals surface area contributed by atoms with Crippen LogP contribution in [0.3, 0.4) is 0 Å². The number of ether oxygens (including phenoxy) is 2. The molecule has 8 heteroatoms. The van der Waals surface area contributed by atoms with Gasteiger partial charge in [0.15, 0.2) is 11.5 Å². The van der Waals surface area contributed by atoms with Gasteiger partial charge >= 0.3 is 0 Å². The van der Waals surface area contributed by atoms with Crippen LogP contribution in [0.5, 0.6) is 11.5 Å². The van der Waals surface area contributed by atoms with Crippen LogP contribution in [0.2, 0.25) is 0 Å². The van der Waals surface area contributed by atoms with Gasteiger partial charge < -0.3 is 14.8 Å². The number of carbonyl (C=O) groups is 2. The standard InChI is InChI=1S/C23H26N4O4/c1-16(23(29)27-14-22(28)24-18-4-2-3-5-19(18)27)26-10-8-25(9-11-26)13-17-6-7-20-21(12-17)31-15-30-20/h2-7,12,16H,8-11,13-15H2,1H3,(H,24,28)/t16-/m0/s1. The van der Waals surface area contributed by atoms with Gasteiger partial charge in [0, 0.05) is 32.7 Å². The first-order chi connectivity index (χ1) is 15.1. The molecule has 2 aromatic carbocycles. The molecule has 0 unspecified atom stereocenters. The number of piperazine rings is 1. The molecule has 2 aromatic rings. The lowest BCUT2D eigenvalue weighted by atomic mass is 10.1. The molecule has 31 heavy (non-hydrogen) atoms. The molecule has 0 saturated carbocycles. The van der Waals surface area contributed by atoms with Gasteiger partial charge in [-0.05, 0) is 36.8 Å². The van der Waals surface area contributed by atoms with Crippen molar-refractivity contribution in [3.05, 3.63) is 48.0 Å². The van der Waals surface area contributed by atoms with Crippen molar-refractivity contribution in [1.29, 1.82) is 0 Å². The summed E-state index contributed by atoms with van der Waals surface area (Å²) in [6.45, 7) is 6.48. The monoisotopic (exact) mass is 422 g/mol. The number of carbonyl (C=O) groups excluding carboxylic acids is 2. The number of rotatable bonds is 4. The van der Waals surface area contributed by atoms with Gasteiger partial charge in [0.1, 0.15) is 6.54 Å². The maximum absolute atomic E-state index is 13.3. The Kier molecular flexibility index (Phi) is 5.25. The number of nitrogens with zero attached hydrogens (tertiary/aromatic N) is 3. The van der Waals surface area contributed by atoms with E-state index < -0.39 is 0 Å². The molecule has 0 radical (unpaired) electrons. The molecule has 0 aliphatic carbocycles. The van der Waals surface area contributed by atoms with Crippen molar-refractivity contribution in [2.75, 3.05) is 49.7 Å². The highest BCUT2D eigenvalue weighted by Gasteiger charge is 2.33. The van der Waals surface area contributed by atoms with Crippen LogP contribution in [-0.4, -0.2) is 67.2 Å². The second kappa shape index (κ2) is 8.20. The molecular weight excluding hydrogens is 396 g/mol. The molecule has 1 saturated heterocycles. The van der Waals surface area contributed by atoms with E-state index >= 15 is 0 Å². The summed E-state index contributed by atoms with van der Waals surface area (Å²) in [6, 6.07) is 13.2. The fourth-order valence-electron chi connectivity index (χ4n) is 4.42. The molecular formula is C23H26N4O4. The summed E-state index contributed by atoms with van der Waals surface area (Å²) >= 11 is 0. The molecule has 1 fully saturated rings. The largest absolute Gasteiger partial charge is 0.454 e. The first-order valence-corrected chi connectivity index (χ1v) is 10.6. The van der Waals surface area contributed by atoms with Crippen molar-refractivity contribution >= 4 is 23.2 Å². The van der Waals surface area contributed by atoms with Gasteiger partial charge in [-0.25, -0.2) is 0 Å². The van der Waals surface area contributed by atoms with Crippen molar-refractivity contribution in [1.82, 2.24) is 9.80 Å². The first-order valence-electron chi connectivity index (χ1n) is 10.6. The molecule has 5 rings (SSSR count). The number of hydrogen-bond acceptors (Lipinski definition) is 6. The normalized spacial score (nSPS) is 19.6. The zero-order valence-corrected chi connectivity index (χ0v) is 17.5. The fraction of sp³-hybridized carbons (Fsp3) is 0.391. The van der Waals surface area contributed by atoms with E-state index in [9.17, 15) is 9.59 Å². The number of hydrogen-bond donors (Lipinski definition) is 1. The van der Waals surface area contributed by atoms with Gasteiger partial charge in [-0.2, -0.15) is 0 Å². The summed E-state index contributed by atoms with van der Waals surface area (Å²) in [5.74, 6) is 1.41. The summed E-state index contributed by atoms with van der Waals surface area (Å²) in [7, 11) is 0. The molecule has 1 atom stereocenters. The Hall–Kier alpha value is -3.10. The quantitative estimate of drug-likeness (QED) is 0.812. The number of fused-ring (bicyclic) bond motifs is 2.